The minimum atomic E-state index is -1.05. The van der Waals surface area contributed by atoms with E-state index in [4.69, 9.17) is 22.1 Å². The fourth-order valence-corrected chi connectivity index (χ4v) is 2.43. The predicted octanol–water partition coefficient (Wildman–Crippen LogP) is 1.36. The topological polar surface area (TPSA) is 87.8 Å². The van der Waals surface area contributed by atoms with Gasteiger partial charge in [0, 0.05) is 31.9 Å². The number of nitrogens with one attached hydrogen (secondary N) is 1. The summed E-state index contributed by atoms with van der Waals surface area (Å²) < 4.78 is 5.27. The Balaban J connectivity index is 1.99. The lowest BCUT2D eigenvalue weighted by molar-refractivity contribution is 0.0398. The number of morpholine rings is 1. The Bertz CT molecular complexity index is 490. The number of nitrogens with zero attached hydrogens (tertiary/aromatic N) is 1. The molecule has 1 aromatic rings. The summed E-state index contributed by atoms with van der Waals surface area (Å²) in [6, 6.07) is 2.95. The summed E-state index contributed by atoms with van der Waals surface area (Å²) in [4.78, 5) is 13.5. The lowest BCUT2D eigenvalue weighted by atomic mass is 10.1. The maximum atomic E-state index is 11.2. The van der Waals surface area contributed by atoms with Crippen LogP contribution in [0.1, 0.15) is 10.4 Å². The van der Waals surface area contributed by atoms with Gasteiger partial charge < -0.3 is 20.9 Å². The minimum absolute atomic E-state index is 0.0944. The van der Waals surface area contributed by atoms with Crippen LogP contribution in [0.3, 0.4) is 0 Å². The van der Waals surface area contributed by atoms with Crippen LogP contribution in [0.15, 0.2) is 12.1 Å². The second-order valence-corrected chi connectivity index (χ2v) is 5.02. The number of aromatic carboxylic acids is 1. The van der Waals surface area contributed by atoms with Crippen LogP contribution in [0.2, 0.25) is 5.02 Å². The van der Waals surface area contributed by atoms with Crippen molar-refractivity contribution in [3.63, 3.8) is 0 Å². The highest BCUT2D eigenvalue weighted by molar-refractivity contribution is 6.34. The van der Waals surface area contributed by atoms with Gasteiger partial charge in [0.1, 0.15) is 0 Å². The van der Waals surface area contributed by atoms with Crippen LogP contribution >= 0.6 is 11.6 Å². The Morgan fingerprint density at radius 3 is 2.80 bits per heavy atom. The maximum Gasteiger partial charge on any atom is 0.337 e. The summed E-state index contributed by atoms with van der Waals surface area (Å²) >= 11 is 6.06. The lowest BCUT2D eigenvalue weighted by Crippen LogP contribution is -2.39. The van der Waals surface area contributed by atoms with E-state index < -0.39 is 5.97 Å². The van der Waals surface area contributed by atoms with E-state index in [2.05, 4.69) is 10.2 Å². The van der Waals surface area contributed by atoms with Gasteiger partial charge in [-0.1, -0.05) is 11.6 Å². The van der Waals surface area contributed by atoms with Crippen molar-refractivity contribution in [1.29, 1.82) is 0 Å². The third-order valence-electron chi connectivity index (χ3n) is 3.18. The van der Waals surface area contributed by atoms with Gasteiger partial charge in [0.05, 0.1) is 29.5 Å². The van der Waals surface area contributed by atoms with E-state index in [9.17, 15) is 9.90 Å². The second kappa shape index (κ2) is 6.78. The van der Waals surface area contributed by atoms with Gasteiger partial charge in [-0.05, 0) is 12.1 Å². The lowest BCUT2D eigenvalue weighted by Gasteiger charge is -2.26. The van der Waals surface area contributed by atoms with Crippen molar-refractivity contribution in [3.05, 3.63) is 22.7 Å². The molecule has 0 radical (unpaired) electrons. The summed E-state index contributed by atoms with van der Waals surface area (Å²) in [5.41, 5.74) is 6.47. The van der Waals surface area contributed by atoms with Crippen molar-refractivity contribution >= 4 is 28.9 Å². The number of anilines is 2. The third kappa shape index (κ3) is 3.75. The molecule has 0 aromatic heterocycles. The normalized spacial score (nSPS) is 16.1. The minimum Gasteiger partial charge on any atom is -0.478 e. The number of rotatable bonds is 5. The van der Waals surface area contributed by atoms with Gasteiger partial charge in [-0.25, -0.2) is 4.79 Å². The zero-order valence-electron chi connectivity index (χ0n) is 11.1. The standard InChI is InChI=1S/C13H18ClN3O3/c14-11-8-9(15)7-10(13(18)19)12(11)16-1-2-17-3-5-20-6-4-17/h7-8,16H,1-6,15H2,(H,18,19). The molecule has 4 N–H and O–H groups in total. The number of nitrogen functional groups attached to an aromatic ring is 1. The Morgan fingerprint density at radius 2 is 2.15 bits per heavy atom. The Morgan fingerprint density at radius 1 is 1.45 bits per heavy atom. The molecule has 2 rings (SSSR count). The number of benzene rings is 1. The van der Waals surface area contributed by atoms with Crippen molar-refractivity contribution in [3.8, 4) is 0 Å². The molecular formula is C13H18ClN3O3. The fourth-order valence-electron chi connectivity index (χ4n) is 2.14. The molecule has 0 aliphatic carbocycles. The molecule has 0 amide bonds. The first-order chi connectivity index (χ1) is 9.58. The average Bonchev–Trinajstić information content (AvgIpc) is 2.41. The Labute approximate surface area is 122 Å². The van der Waals surface area contributed by atoms with Crippen molar-refractivity contribution in [1.82, 2.24) is 4.90 Å². The van der Waals surface area contributed by atoms with Gasteiger partial charge in [0.25, 0.3) is 0 Å². The van der Waals surface area contributed by atoms with Crippen molar-refractivity contribution < 1.29 is 14.6 Å². The summed E-state index contributed by atoms with van der Waals surface area (Å²) in [6.07, 6.45) is 0. The molecule has 0 bridgehead atoms. The number of carboxylic acid groups (broad SMARTS) is 1. The van der Waals surface area contributed by atoms with Crippen LogP contribution < -0.4 is 11.1 Å². The zero-order valence-corrected chi connectivity index (χ0v) is 11.8. The number of carbonyl (C=O) groups is 1. The Kier molecular flexibility index (Phi) is 5.05. The number of hydrogen-bond donors (Lipinski definition) is 3. The largest absolute Gasteiger partial charge is 0.478 e. The van der Waals surface area contributed by atoms with Crippen LogP contribution in [-0.2, 0) is 4.74 Å². The molecule has 7 heteroatoms. The van der Waals surface area contributed by atoms with Gasteiger partial charge in [-0.3, -0.25) is 4.90 Å². The van der Waals surface area contributed by atoms with E-state index in [0.29, 0.717) is 22.9 Å². The highest BCUT2D eigenvalue weighted by Gasteiger charge is 2.15. The van der Waals surface area contributed by atoms with Crippen molar-refractivity contribution in [2.45, 2.75) is 0 Å². The van der Waals surface area contributed by atoms with Gasteiger partial charge >= 0.3 is 5.97 Å². The quantitative estimate of drug-likeness (QED) is 0.712. The number of carboxylic acids is 1. The van der Waals surface area contributed by atoms with Crippen molar-refractivity contribution in [2.24, 2.45) is 0 Å². The van der Waals surface area contributed by atoms with Crippen LogP contribution in [0, 0.1) is 0 Å². The van der Waals surface area contributed by atoms with Gasteiger partial charge in [0.2, 0.25) is 0 Å². The molecule has 0 unspecified atom stereocenters. The molecule has 6 nitrogen and oxygen atoms in total. The molecule has 1 fully saturated rings. The van der Waals surface area contributed by atoms with Crippen LogP contribution in [0.25, 0.3) is 0 Å². The first-order valence-corrected chi connectivity index (χ1v) is 6.82. The van der Waals surface area contributed by atoms with Crippen LogP contribution in [0.4, 0.5) is 11.4 Å². The summed E-state index contributed by atoms with van der Waals surface area (Å²) in [5, 5.41) is 12.6. The average molecular weight is 300 g/mol. The van der Waals surface area contributed by atoms with E-state index in [-0.39, 0.29) is 5.56 Å². The number of nitrogens with two attached hydrogens (primary N) is 1. The number of hydrogen-bond acceptors (Lipinski definition) is 5. The van der Waals surface area contributed by atoms with Crippen molar-refractivity contribution in [2.75, 3.05) is 50.4 Å². The first-order valence-electron chi connectivity index (χ1n) is 6.44. The first kappa shape index (κ1) is 14.9. The van der Waals surface area contributed by atoms with E-state index in [1.54, 1.807) is 6.07 Å². The molecule has 0 atom stereocenters. The number of halogens is 1. The smallest absolute Gasteiger partial charge is 0.337 e. The van der Waals surface area contributed by atoms with Gasteiger partial charge in [-0.15, -0.1) is 0 Å². The Hall–Kier alpha value is -1.50. The summed E-state index contributed by atoms with van der Waals surface area (Å²) in [5.74, 6) is -1.05. The van der Waals surface area contributed by atoms with Gasteiger partial charge in [-0.2, -0.15) is 0 Å². The monoisotopic (exact) mass is 299 g/mol. The SMILES string of the molecule is Nc1cc(Cl)c(NCCN2CCOCC2)c(C(=O)O)c1. The molecular weight excluding hydrogens is 282 g/mol. The molecule has 1 aliphatic heterocycles. The molecule has 1 saturated heterocycles. The van der Waals surface area contributed by atoms with Gasteiger partial charge in [0.15, 0.2) is 0 Å². The summed E-state index contributed by atoms with van der Waals surface area (Å²) in [6.45, 7) is 4.69. The maximum absolute atomic E-state index is 11.2. The predicted molar refractivity (Wildman–Crippen MR) is 78.6 cm³/mol. The fraction of sp³-hybridized carbons (Fsp3) is 0.462. The highest BCUT2D eigenvalue weighted by atomic mass is 35.5. The molecule has 1 heterocycles. The number of ether oxygens (including phenoxy) is 1. The molecule has 0 spiro atoms. The van der Waals surface area contributed by atoms with E-state index in [0.717, 1.165) is 32.8 Å². The second-order valence-electron chi connectivity index (χ2n) is 4.61. The molecule has 20 heavy (non-hydrogen) atoms. The van der Waals surface area contributed by atoms with Crippen LogP contribution in [-0.4, -0.2) is 55.4 Å². The highest BCUT2D eigenvalue weighted by Crippen LogP contribution is 2.29. The van der Waals surface area contributed by atoms with E-state index >= 15 is 0 Å². The summed E-state index contributed by atoms with van der Waals surface area (Å²) in [7, 11) is 0. The third-order valence-corrected chi connectivity index (χ3v) is 3.47. The molecule has 1 aromatic carbocycles. The molecule has 0 saturated carbocycles. The molecule has 1 aliphatic rings. The zero-order chi connectivity index (χ0) is 14.5. The van der Waals surface area contributed by atoms with E-state index in [1.807, 2.05) is 0 Å². The van der Waals surface area contributed by atoms with E-state index in [1.165, 1.54) is 6.07 Å². The van der Waals surface area contributed by atoms with Crippen LogP contribution in [0.5, 0.6) is 0 Å². The molecule has 110 valence electrons.